The molecule has 6 heterocycles. The van der Waals surface area contributed by atoms with Crippen LogP contribution in [0.5, 0.6) is 0 Å². The number of rotatable bonds is 11. The number of benzene rings is 4. The largest absolute Gasteiger partial charge is 0.399 e. The van der Waals surface area contributed by atoms with Crippen LogP contribution >= 0.6 is 66.3 Å². The quantitative estimate of drug-likeness (QED) is 0.0707. The van der Waals surface area contributed by atoms with Crippen molar-refractivity contribution in [3.63, 3.8) is 0 Å². The highest BCUT2D eigenvalue weighted by Crippen LogP contribution is 2.38. The summed E-state index contributed by atoms with van der Waals surface area (Å²) >= 11 is 11.5. The van der Waals surface area contributed by atoms with Crippen LogP contribution in [-0.2, 0) is 22.6 Å². The van der Waals surface area contributed by atoms with E-state index in [0.717, 1.165) is 122 Å². The number of nitrogen functional groups attached to an aromatic ring is 1. The Labute approximate surface area is 423 Å². The number of hydrogen-bond donors (Lipinski definition) is 4. The molecule has 0 unspecified atom stereocenters. The first-order chi connectivity index (χ1) is 33.2. The molecule has 2 fully saturated rings. The number of anilines is 7. The number of nitrogens with one attached hydrogen (secondary N) is 3. The molecule has 5 N–H and O–H groups in total. The van der Waals surface area contributed by atoms with Gasteiger partial charge in [0.15, 0.2) is 20.8 Å². The summed E-state index contributed by atoms with van der Waals surface area (Å²) in [4.78, 5) is 22.5. The number of ether oxygens (including phenoxy) is 2. The molecule has 2 saturated heterocycles. The maximum Gasteiger partial charge on any atom is 0.189 e. The highest BCUT2D eigenvalue weighted by Gasteiger charge is 2.17. The Hall–Kier alpha value is -5.71. The number of aromatic nitrogens is 4. The van der Waals surface area contributed by atoms with Crippen LogP contribution in [0, 0.1) is 22.7 Å². The molecule has 19 heteroatoms. The lowest BCUT2D eigenvalue weighted by Crippen LogP contribution is -2.35. The zero-order valence-corrected chi connectivity index (χ0v) is 42.5. The molecule has 0 bridgehead atoms. The van der Waals surface area contributed by atoms with Gasteiger partial charge in [-0.25, -0.2) is 15.0 Å². The van der Waals surface area contributed by atoms with Crippen LogP contribution in [0.4, 0.5) is 39.3 Å². The van der Waals surface area contributed by atoms with Gasteiger partial charge in [0.1, 0.15) is 16.8 Å². The van der Waals surface area contributed by atoms with E-state index in [4.69, 9.17) is 15.2 Å². The standard InChI is InChI=1S/C24H21BrN6OS.C14H9BrN4S2.C11H16N2O/c25-18-2-1-3-20(12-18)28-21-17(13-26)14-27-23-22(21)33-24(30-23)29-19-6-4-16(5-7-19)15-31-8-10-32-11-9-31;1-20-14-19-13-12(21-14)11(8(6-16)7-17-13)18-10-4-2-3-9(15)5-10;12-11-3-1-10(2-4-11)9-13-5-7-14-8-6-13/h1-7,12,14H,8-11,15H2,(H2,27,28,29,30);2-5,7H,1H3,(H,17,18);1-4H,5-9,12H2. The topological polar surface area (TPSA) is 186 Å². The number of morpholine rings is 2. The van der Waals surface area contributed by atoms with Gasteiger partial charge >= 0.3 is 0 Å². The molecule has 10 rings (SSSR count). The van der Waals surface area contributed by atoms with E-state index >= 15 is 0 Å². The number of hydrogen-bond acceptors (Lipinski definition) is 17. The number of pyridine rings is 2. The van der Waals surface area contributed by atoms with Crippen LogP contribution in [0.2, 0.25) is 0 Å². The predicted molar refractivity (Wildman–Crippen MR) is 284 cm³/mol. The third kappa shape index (κ3) is 13.3. The lowest BCUT2D eigenvalue weighted by atomic mass is 10.2. The third-order valence-corrected chi connectivity index (χ3v) is 14.6. The highest BCUT2D eigenvalue weighted by atomic mass is 79.9. The Balaban J connectivity index is 0.000000152. The van der Waals surface area contributed by atoms with Crippen LogP contribution in [0.3, 0.4) is 0 Å². The number of nitriles is 2. The summed E-state index contributed by atoms with van der Waals surface area (Å²) in [6.07, 6.45) is 5.10. The minimum atomic E-state index is 0.477. The molecule has 0 spiro atoms. The van der Waals surface area contributed by atoms with Gasteiger partial charge in [-0.05, 0) is 78.0 Å². The number of thioether (sulfide) groups is 1. The third-order valence-electron chi connectivity index (χ3n) is 10.6. The predicted octanol–water partition coefficient (Wildman–Crippen LogP) is 11.5. The summed E-state index contributed by atoms with van der Waals surface area (Å²) in [6.45, 7) is 9.26. The van der Waals surface area contributed by atoms with Gasteiger partial charge in [-0.2, -0.15) is 15.5 Å². The van der Waals surface area contributed by atoms with E-state index in [1.807, 2.05) is 66.9 Å². The lowest BCUT2D eigenvalue weighted by Gasteiger charge is -2.26. The van der Waals surface area contributed by atoms with Gasteiger partial charge in [0.25, 0.3) is 0 Å². The Morgan fingerprint density at radius 1 is 0.647 bits per heavy atom. The van der Waals surface area contributed by atoms with E-state index in [0.29, 0.717) is 28.1 Å². The van der Waals surface area contributed by atoms with Crippen molar-refractivity contribution in [3.8, 4) is 12.1 Å². The van der Waals surface area contributed by atoms with E-state index in [9.17, 15) is 10.5 Å². The van der Waals surface area contributed by atoms with Crippen molar-refractivity contribution in [3.05, 3.63) is 141 Å². The molecule has 14 nitrogen and oxygen atoms in total. The van der Waals surface area contributed by atoms with Crippen molar-refractivity contribution < 1.29 is 9.47 Å². The highest BCUT2D eigenvalue weighted by molar-refractivity contribution is 9.10. The molecule has 2 aliphatic heterocycles. The molecule has 346 valence electrons. The van der Waals surface area contributed by atoms with E-state index in [1.54, 1.807) is 35.5 Å². The molecule has 0 aliphatic carbocycles. The van der Waals surface area contributed by atoms with Crippen molar-refractivity contribution in [2.75, 3.05) is 80.5 Å². The molecular weight excluding hydrogens is 1040 g/mol. The van der Waals surface area contributed by atoms with Gasteiger partial charge in [-0.15, -0.1) is 11.3 Å². The summed E-state index contributed by atoms with van der Waals surface area (Å²) in [6, 6.07) is 36.5. The first kappa shape index (κ1) is 48.7. The number of fused-ring (bicyclic) bond motifs is 2. The first-order valence-corrected chi connectivity index (χ1v) is 26.0. The van der Waals surface area contributed by atoms with Crippen LogP contribution in [0.15, 0.2) is 123 Å². The van der Waals surface area contributed by atoms with E-state index in [1.165, 1.54) is 22.5 Å². The second-order valence-electron chi connectivity index (χ2n) is 15.4. The van der Waals surface area contributed by atoms with Crippen LogP contribution in [0.1, 0.15) is 22.3 Å². The fraction of sp³-hybridized carbons (Fsp3) is 0.224. The van der Waals surface area contributed by atoms with Crippen molar-refractivity contribution in [2.24, 2.45) is 0 Å². The Morgan fingerprint density at radius 3 is 1.62 bits per heavy atom. The summed E-state index contributed by atoms with van der Waals surface area (Å²) in [5.74, 6) is 0. The normalized spacial score (nSPS) is 13.9. The summed E-state index contributed by atoms with van der Waals surface area (Å²) < 4.78 is 15.3. The Bertz CT molecular complexity index is 3040. The summed E-state index contributed by atoms with van der Waals surface area (Å²) in [5, 5.41) is 29.7. The molecule has 8 aromatic rings. The fourth-order valence-electron chi connectivity index (χ4n) is 7.19. The average molecular weight is 1090 g/mol. The molecule has 2 aliphatic rings. The van der Waals surface area contributed by atoms with Crippen LogP contribution < -0.4 is 21.7 Å². The molecule has 4 aromatic carbocycles. The SMILES string of the molecule is CSc1nc2ncc(C#N)c(Nc3cccc(Br)c3)c2s1.N#Cc1cnc2nc(Nc3ccc(CN4CCOCC4)cc3)sc2c1Nc1cccc(Br)c1.Nc1ccc(CN2CCOCC2)cc1. The molecule has 0 atom stereocenters. The second-order valence-corrected chi connectivity index (χ2v) is 20.3. The monoisotopic (exact) mass is 1090 g/mol. The van der Waals surface area contributed by atoms with Crippen molar-refractivity contribution >= 4 is 126 Å². The summed E-state index contributed by atoms with van der Waals surface area (Å²) in [7, 11) is 0. The van der Waals surface area contributed by atoms with Crippen molar-refractivity contribution in [2.45, 2.75) is 17.4 Å². The number of nitrogens with zero attached hydrogens (tertiary/aromatic N) is 8. The van der Waals surface area contributed by atoms with Gasteiger partial charge in [-0.1, -0.05) is 91.4 Å². The molecule has 0 saturated carbocycles. The molecule has 68 heavy (non-hydrogen) atoms. The summed E-state index contributed by atoms with van der Waals surface area (Å²) in [5.41, 5.74) is 15.5. The lowest BCUT2D eigenvalue weighted by molar-refractivity contribution is 0.0341. The maximum atomic E-state index is 9.62. The zero-order chi connectivity index (χ0) is 47.2. The van der Waals surface area contributed by atoms with Gasteiger partial charge < -0.3 is 31.2 Å². The van der Waals surface area contributed by atoms with Gasteiger partial charge in [0.05, 0.1) is 53.6 Å². The minimum absolute atomic E-state index is 0.477. The second kappa shape index (κ2) is 24.0. The van der Waals surface area contributed by atoms with Crippen molar-refractivity contribution in [1.82, 2.24) is 29.7 Å². The minimum Gasteiger partial charge on any atom is -0.399 e. The van der Waals surface area contributed by atoms with E-state index in [-0.39, 0.29) is 0 Å². The van der Waals surface area contributed by atoms with E-state index < -0.39 is 0 Å². The maximum absolute atomic E-state index is 9.62. The smallest absolute Gasteiger partial charge is 0.189 e. The fourth-order valence-corrected chi connectivity index (χ4v) is 10.5. The molecule has 0 radical (unpaired) electrons. The van der Waals surface area contributed by atoms with Crippen molar-refractivity contribution in [1.29, 1.82) is 10.5 Å². The Morgan fingerprint density at radius 2 is 1.13 bits per heavy atom. The van der Waals surface area contributed by atoms with Gasteiger partial charge in [-0.3, -0.25) is 9.80 Å². The number of halogens is 2. The molecular formula is C49H46Br2N12O2S3. The van der Waals surface area contributed by atoms with Crippen LogP contribution in [0.25, 0.3) is 20.7 Å². The number of nitrogens with two attached hydrogens (primary N) is 1. The van der Waals surface area contributed by atoms with Gasteiger partial charge in [0.2, 0.25) is 0 Å². The number of thiazole rings is 2. The van der Waals surface area contributed by atoms with Gasteiger partial charge in [0, 0.05) is 83.4 Å². The zero-order valence-electron chi connectivity index (χ0n) is 36.9. The Kier molecular flexibility index (Phi) is 17.2. The molecule has 4 aromatic heterocycles. The van der Waals surface area contributed by atoms with E-state index in [2.05, 4.69) is 126 Å². The average Bonchev–Trinajstić information content (AvgIpc) is 3.99. The molecule has 0 amide bonds. The van der Waals surface area contributed by atoms with Crippen LogP contribution in [-0.4, -0.2) is 88.6 Å². The first-order valence-electron chi connectivity index (χ1n) is 21.5.